The van der Waals surface area contributed by atoms with E-state index in [0.29, 0.717) is 0 Å². The van der Waals surface area contributed by atoms with E-state index in [2.05, 4.69) is 49.0 Å². The predicted octanol–water partition coefficient (Wildman–Crippen LogP) is 2.14. The minimum atomic E-state index is -0.184. The minimum absolute atomic E-state index is 0.0863. The van der Waals surface area contributed by atoms with Gasteiger partial charge in [0.15, 0.2) is 0 Å². The van der Waals surface area contributed by atoms with Gasteiger partial charge in [-0.1, -0.05) is 0 Å². The second-order valence-corrected chi connectivity index (χ2v) is 6.68. The largest absolute Gasteiger partial charge is 0.383 e. The molecular formula is C15H27N3O2. The highest BCUT2D eigenvalue weighted by Crippen LogP contribution is 2.44. The van der Waals surface area contributed by atoms with Gasteiger partial charge in [-0.2, -0.15) is 5.10 Å². The Morgan fingerprint density at radius 1 is 1.45 bits per heavy atom. The van der Waals surface area contributed by atoms with E-state index in [1.54, 1.807) is 7.11 Å². The average molecular weight is 281 g/mol. The van der Waals surface area contributed by atoms with Crippen LogP contribution in [0.25, 0.3) is 0 Å². The Kier molecular flexibility index (Phi) is 4.52. The van der Waals surface area contributed by atoms with Gasteiger partial charge < -0.3 is 14.8 Å². The fourth-order valence-corrected chi connectivity index (χ4v) is 2.99. The van der Waals surface area contributed by atoms with Crippen molar-refractivity contribution in [2.24, 2.45) is 0 Å². The van der Waals surface area contributed by atoms with Crippen LogP contribution in [0.1, 0.15) is 45.7 Å². The van der Waals surface area contributed by atoms with Crippen LogP contribution in [-0.2, 0) is 16.0 Å². The zero-order valence-electron chi connectivity index (χ0n) is 13.3. The molecule has 1 unspecified atom stereocenters. The van der Waals surface area contributed by atoms with E-state index < -0.39 is 0 Å². The molecule has 0 amide bonds. The lowest BCUT2D eigenvalue weighted by molar-refractivity contribution is -0.0737. The van der Waals surface area contributed by atoms with Gasteiger partial charge in [-0.15, -0.1) is 0 Å². The van der Waals surface area contributed by atoms with Crippen molar-refractivity contribution in [1.82, 2.24) is 15.1 Å². The summed E-state index contributed by atoms with van der Waals surface area (Å²) in [4.78, 5) is 0. The second kappa shape index (κ2) is 5.84. The Morgan fingerprint density at radius 2 is 2.20 bits per heavy atom. The maximum Gasteiger partial charge on any atom is 0.0857 e. The van der Waals surface area contributed by atoms with Crippen LogP contribution in [-0.4, -0.2) is 41.2 Å². The second-order valence-electron chi connectivity index (χ2n) is 6.68. The number of rotatable bonds is 6. The maximum absolute atomic E-state index is 6.13. The van der Waals surface area contributed by atoms with E-state index in [1.807, 2.05) is 6.20 Å². The third-order valence-corrected chi connectivity index (χ3v) is 3.81. The molecule has 2 rings (SSSR count). The number of hydrogen-bond acceptors (Lipinski definition) is 4. The van der Waals surface area contributed by atoms with Gasteiger partial charge in [-0.05, 0) is 27.7 Å². The molecule has 1 N–H and O–H groups in total. The lowest BCUT2D eigenvalue weighted by Gasteiger charge is -2.27. The van der Waals surface area contributed by atoms with Crippen molar-refractivity contribution in [3.8, 4) is 0 Å². The molecule has 5 heteroatoms. The molecule has 1 aliphatic rings. The van der Waals surface area contributed by atoms with E-state index in [-0.39, 0.29) is 17.2 Å². The summed E-state index contributed by atoms with van der Waals surface area (Å²) in [5, 5.41) is 7.86. The lowest BCUT2D eigenvalue weighted by atomic mass is 9.95. The van der Waals surface area contributed by atoms with Crippen molar-refractivity contribution in [2.45, 2.75) is 57.9 Å². The highest BCUT2D eigenvalue weighted by Gasteiger charge is 2.47. The zero-order chi connectivity index (χ0) is 14.8. The molecular weight excluding hydrogens is 254 g/mol. The number of aromatic nitrogens is 2. The molecule has 5 nitrogen and oxygen atoms in total. The minimum Gasteiger partial charge on any atom is -0.383 e. The summed E-state index contributed by atoms with van der Waals surface area (Å²) in [6.45, 7) is 11.0. The molecule has 0 aliphatic carbocycles. The summed E-state index contributed by atoms with van der Waals surface area (Å²) < 4.78 is 13.2. The average Bonchev–Trinajstić information content (AvgIpc) is 2.86. The number of methoxy groups -OCH3 is 1. The van der Waals surface area contributed by atoms with Crippen LogP contribution in [0.15, 0.2) is 12.4 Å². The number of nitrogens with one attached hydrogen (secondary N) is 1. The molecule has 0 radical (unpaired) electrons. The first-order chi connectivity index (χ1) is 9.34. The normalized spacial score (nSPS) is 24.1. The van der Waals surface area contributed by atoms with Crippen molar-refractivity contribution in [1.29, 1.82) is 0 Å². The molecule has 1 aliphatic heterocycles. The van der Waals surface area contributed by atoms with E-state index in [1.165, 1.54) is 5.56 Å². The van der Waals surface area contributed by atoms with Gasteiger partial charge in [-0.25, -0.2) is 0 Å². The van der Waals surface area contributed by atoms with Gasteiger partial charge in [0.05, 0.1) is 30.0 Å². The Labute approximate surface area is 121 Å². The van der Waals surface area contributed by atoms with Gasteiger partial charge in [0.25, 0.3) is 0 Å². The molecule has 1 fully saturated rings. The van der Waals surface area contributed by atoms with Crippen molar-refractivity contribution in [3.63, 3.8) is 0 Å². The third-order valence-electron chi connectivity index (χ3n) is 3.81. The molecule has 0 saturated carbocycles. The maximum atomic E-state index is 6.13. The first-order valence-corrected chi connectivity index (χ1v) is 7.27. The quantitative estimate of drug-likeness (QED) is 0.812. The molecule has 0 spiro atoms. The molecule has 1 saturated heterocycles. The van der Waals surface area contributed by atoms with Crippen molar-refractivity contribution in [3.05, 3.63) is 18.0 Å². The first-order valence-electron chi connectivity index (χ1n) is 7.27. The number of hydrogen-bond donors (Lipinski definition) is 1. The van der Waals surface area contributed by atoms with Gasteiger partial charge in [-0.3, -0.25) is 4.68 Å². The fraction of sp³-hybridized carbons (Fsp3) is 0.800. The van der Waals surface area contributed by atoms with Crippen LogP contribution in [0.2, 0.25) is 0 Å². The molecule has 20 heavy (non-hydrogen) atoms. The molecule has 0 bridgehead atoms. The van der Waals surface area contributed by atoms with Crippen LogP contribution in [0, 0.1) is 0 Å². The molecule has 0 aromatic carbocycles. The lowest BCUT2D eigenvalue weighted by Crippen LogP contribution is -2.31. The summed E-state index contributed by atoms with van der Waals surface area (Å²) in [6, 6.07) is 0.283. The van der Waals surface area contributed by atoms with Gasteiger partial charge in [0.2, 0.25) is 0 Å². The first kappa shape index (κ1) is 15.5. The Balaban J connectivity index is 1.98. The number of nitrogens with zero attached hydrogens (tertiary/aromatic N) is 2. The zero-order valence-corrected chi connectivity index (χ0v) is 13.3. The summed E-state index contributed by atoms with van der Waals surface area (Å²) in [6.07, 6.45) is 5.04. The summed E-state index contributed by atoms with van der Waals surface area (Å²) in [5.74, 6) is 0. The molecule has 114 valence electrons. The summed E-state index contributed by atoms with van der Waals surface area (Å²) >= 11 is 0. The van der Waals surface area contributed by atoms with Crippen molar-refractivity contribution >= 4 is 0 Å². The SMILES string of the molecule is COCCNCc1cnn(C2CC(C)(C)OC2(C)C)c1. The highest BCUT2D eigenvalue weighted by molar-refractivity contribution is 5.07. The Bertz CT molecular complexity index is 440. The summed E-state index contributed by atoms with van der Waals surface area (Å²) in [5.41, 5.74) is 0.925. The van der Waals surface area contributed by atoms with Crippen LogP contribution in [0.4, 0.5) is 0 Å². The van der Waals surface area contributed by atoms with E-state index >= 15 is 0 Å². The Hall–Kier alpha value is -0.910. The van der Waals surface area contributed by atoms with Crippen molar-refractivity contribution in [2.75, 3.05) is 20.3 Å². The molecule has 2 heterocycles. The third kappa shape index (κ3) is 3.59. The van der Waals surface area contributed by atoms with Crippen LogP contribution in [0.5, 0.6) is 0 Å². The van der Waals surface area contributed by atoms with Gasteiger partial charge in [0.1, 0.15) is 0 Å². The number of ether oxygens (including phenoxy) is 2. The Morgan fingerprint density at radius 3 is 2.80 bits per heavy atom. The van der Waals surface area contributed by atoms with Crippen LogP contribution in [0.3, 0.4) is 0 Å². The van der Waals surface area contributed by atoms with E-state index in [0.717, 1.165) is 26.1 Å². The monoisotopic (exact) mass is 281 g/mol. The summed E-state index contributed by atoms with van der Waals surface area (Å²) in [7, 11) is 1.71. The fourth-order valence-electron chi connectivity index (χ4n) is 2.99. The van der Waals surface area contributed by atoms with E-state index in [9.17, 15) is 0 Å². The highest BCUT2D eigenvalue weighted by atomic mass is 16.5. The van der Waals surface area contributed by atoms with Crippen LogP contribution >= 0.6 is 0 Å². The predicted molar refractivity (Wildman–Crippen MR) is 78.7 cm³/mol. The van der Waals surface area contributed by atoms with Crippen molar-refractivity contribution < 1.29 is 9.47 Å². The van der Waals surface area contributed by atoms with Crippen LogP contribution < -0.4 is 5.32 Å². The molecule has 1 aromatic heterocycles. The standard InChI is InChI=1S/C15H27N3O2/c1-14(2)8-13(15(3,4)20-14)18-11-12(10-17-18)9-16-6-7-19-5/h10-11,13,16H,6-9H2,1-5H3. The topological polar surface area (TPSA) is 48.3 Å². The van der Waals surface area contributed by atoms with Gasteiger partial charge in [0, 0.05) is 38.4 Å². The molecule has 1 atom stereocenters. The van der Waals surface area contributed by atoms with E-state index in [4.69, 9.17) is 9.47 Å². The molecule has 1 aromatic rings. The van der Waals surface area contributed by atoms with Gasteiger partial charge >= 0.3 is 0 Å². The smallest absolute Gasteiger partial charge is 0.0857 e.